The maximum absolute atomic E-state index is 3.25. The predicted molar refractivity (Wildman–Crippen MR) is 101 cm³/mol. The van der Waals surface area contributed by atoms with Crippen LogP contribution in [0.15, 0.2) is 0 Å². The summed E-state index contributed by atoms with van der Waals surface area (Å²) in [5.74, 6) is 0. The van der Waals surface area contributed by atoms with Crippen LogP contribution in [-0.4, -0.2) is 0 Å². The number of hydrogen-bond donors (Lipinski definition) is 0. The van der Waals surface area contributed by atoms with Crippen LogP contribution in [0.3, 0.4) is 0 Å². The average Bonchev–Trinajstić information content (AvgIpc) is 1.98. The Morgan fingerprint density at radius 2 is 0.684 bits per heavy atom. The standard InChI is InChI=1S/C5H11.2C2H5.8CH4.2W/c1-3-5-4-2;2*1-2;;;;;;;;;;/h5H,3-4H2,1-2H3;2*1H2,2H3;8*1H4;;/q3*-1;;;;;;;;;;+2. The first-order chi connectivity index (χ1) is 4.41. The van der Waals surface area contributed by atoms with Crippen LogP contribution >= 0.6 is 0 Å². The molecule has 0 atom stereocenters. The molecular formula is C17H53W2-. The van der Waals surface area contributed by atoms with E-state index in [-0.39, 0.29) is 102 Å². The fraction of sp³-hybridized carbons (Fsp3) is 0.824. The normalized spacial score (nSPS) is 2.84. The molecule has 0 spiro atoms. The summed E-state index contributed by atoms with van der Waals surface area (Å²) in [6, 6.07) is 0. The molecule has 0 N–H and O–H groups in total. The summed E-state index contributed by atoms with van der Waals surface area (Å²) < 4.78 is 0. The molecule has 19 heavy (non-hydrogen) atoms. The maximum Gasteiger partial charge on any atom is 2.00 e. The van der Waals surface area contributed by atoms with Gasteiger partial charge in [0.25, 0.3) is 0 Å². The minimum atomic E-state index is 0. The van der Waals surface area contributed by atoms with E-state index in [1.807, 2.05) is 0 Å². The molecule has 0 aromatic heterocycles. The topological polar surface area (TPSA) is 0 Å². The van der Waals surface area contributed by atoms with Crippen molar-refractivity contribution in [2.24, 2.45) is 0 Å². The summed E-state index contributed by atoms with van der Waals surface area (Å²) in [6.45, 7) is 14.3. The fourth-order valence-corrected chi connectivity index (χ4v) is 0.289. The van der Waals surface area contributed by atoms with Crippen molar-refractivity contribution < 1.29 is 42.1 Å². The summed E-state index contributed by atoms with van der Waals surface area (Å²) in [5.41, 5.74) is 0. The molecule has 0 aliphatic carbocycles. The molecule has 0 rings (SSSR count). The van der Waals surface area contributed by atoms with E-state index < -0.39 is 0 Å². The Kier molecular flexibility index (Phi) is 2530. The molecule has 0 saturated heterocycles. The molecule has 0 aliphatic heterocycles. The minimum Gasteiger partial charge on any atom is -0.346 e. The second-order valence-electron chi connectivity index (χ2n) is 1.11. The van der Waals surface area contributed by atoms with Crippen molar-refractivity contribution in [3.05, 3.63) is 20.3 Å². The molecule has 2 heteroatoms. The van der Waals surface area contributed by atoms with Crippen LogP contribution < -0.4 is 0 Å². The molecule has 0 saturated carbocycles. The van der Waals surface area contributed by atoms with Gasteiger partial charge in [-0.05, 0) is 0 Å². The van der Waals surface area contributed by atoms with Gasteiger partial charge < -0.3 is 20.3 Å². The Labute approximate surface area is 161 Å². The predicted octanol–water partition coefficient (Wildman–Crippen LogP) is 8.78. The van der Waals surface area contributed by atoms with Crippen molar-refractivity contribution in [1.82, 2.24) is 0 Å². The zero-order chi connectivity index (χ0) is 8.12. The molecule has 0 amide bonds. The van der Waals surface area contributed by atoms with E-state index in [1.54, 1.807) is 13.8 Å². The van der Waals surface area contributed by atoms with Gasteiger partial charge >= 0.3 is 21.1 Å². The van der Waals surface area contributed by atoms with Gasteiger partial charge in [-0.3, -0.25) is 0 Å². The maximum atomic E-state index is 3.25. The minimum absolute atomic E-state index is 0. The van der Waals surface area contributed by atoms with Gasteiger partial charge in [0.05, 0.1) is 0 Å². The van der Waals surface area contributed by atoms with Gasteiger partial charge in [0, 0.05) is 21.1 Å². The van der Waals surface area contributed by atoms with E-state index in [1.165, 1.54) is 12.8 Å². The summed E-state index contributed by atoms with van der Waals surface area (Å²) in [4.78, 5) is 0. The van der Waals surface area contributed by atoms with Crippen molar-refractivity contribution in [3.8, 4) is 0 Å². The molecule has 0 radical (unpaired) electrons. The Balaban J connectivity index is -0.00000000220. The number of rotatable bonds is 2. The zero-order valence-electron chi connectivity index (χ0n) is 8.22. The quantitative estimate of drug-likeness (QED) is 0.269. The van der Waals surface area contributed by atoms with Crippen LogP contribution in [0.4, 0.5) is 0 Å². The van der Waals surface area contributed by atoms with E-state index in [2.05, 4.69) is 34.1 Å². The monoisotopic (exact) mass is 625 g/mol. The van der Waals surface area contributed by atoms with E-state index in [0.717, 1.165) is 0 Å². The molecule has 0 aromatic rings. The molecule has 0 unspecified atom stereocenters. The number of hydrogen-bond acceptors (Lipinski definition) is 0. The van der Waals surface area contributed by atoms with Gasteiger partial charge in [0.1, 0.15) is 0 Å². The van der Waals surface area contributed by atoms with Gasteiger partial charge in [-0.25, -0.2) is 0 Å². The summed E-state index contributed by atoms with van der Waals surface area (Å²) >= 11 is 0. The Morgan fingerprint density at radius 3 is 0.684 bits per heavy atom. The van der Waals surface area contributed by atoms with Crippen molar-refractivity contribution in [3.63, 3.8) is 0 Å². The third-order valence-electron chi connectivity index (χ3n) is 0.577. The first kappa shape index (κ1) is 141. The molecule has 0 fully saturated rings. The van der Waals surface area contributed by atoms with E-state index in [9.17, 15) is 0 Å². The molecule has 0 heterocycles. The molecule has 0 bridgehead atoms. The van der Waals surface area contributed by atoms with E-state index in [0.29, 0.717) is 0 Å². The smallest absolute Gasteiger partial charge is 0.346 e. The summed E-state index contributed by atoms with van der Waals surface area (Å²) in [7, 11) is 0. The fourth-order valence-electron chi connectivity index (χ4n) is 0.289. The number of unbranched alkanes of at least 4 members (excludes halogenated alkanes) is 2. The zero-order valence-corrected chi connectivity index (χ0v) is 14.1. The van der Waals surface area contributed by atoms with Crippen LogP contribution in [0.5, 0.6) is 0 Å². The van der Waals surface area contributed by atoms with Gasteiger partial charge in [-0.2, -0.15) is 26.7 Å². The van der Waals surface area contributed by atoms with Gasteiger partial charge in [0.2, 0.25) is 0 Å². The first-order valence-corrected chi connectivity index (χ1v) is 3.64. The second kappa shape index (κ2) is 342. The SMILES string of the molecule is C.C.C.C.C.C.C.C.CC[CH-]CC.[CH2-]C.[CH2-]C.[W+2].[W]. The summed E-state index contributed by atoms with van der Waals surface area (Å²) in [6.07, 6.45) is 4.69. The van der Waals surface area contributed by atoms with Crippen molar-refractivity contribution in [2.45, 2.75) is 99.9 Å². The van der Waals surface area contributed by atoms with Crippen LogP contribution in [0.2, 0.25) is 0 Å². The van der Waals surface area contributed by atoms with E-state index in [4.69, 9.17) is 0 Å². The van der Waals surface area contributed by atoms with Crippen molar-refractivity contribution >= 4 is 0 Å². The van der Waals surface area contributed by atoms with Crippen LogP contribution in [0.1, 0.15) is 99.9 Å². The molecule has 0 aliphatic rings. The molecule has 0 nitrogen and oxygen atoms in total. The molecule has 134 valence electrons. The van der Waals surface area contributed by atoms with Crippen molar-refractivity contribution in [1.29, 1.82) is 0 Å². The van der Waals surface area contributed by atoms with E-state index >= 15 is 0 Å². The van der Waals surface area contributed by atoms with Gasteiger partial charge in [-0.15, -0.1) is 0 Å². The molecule has 0 aromatic carbocycles. The Bertz CT molecular complexity index is 16.7. The van der Waals surface area contributed by atoms with Crippen molar-refractivity contribution in [2.75, 3.05) is 0 Å². The van der Waals surface area contributed by atoms with Crippen LogP contribution in [-0.2, 0) is 42.1 Å². The van der Waals surface area contributed by atoms with Gasteiger partial charge in [0.15, 0.2) is 0 Å². The third kappa shape index (κ3) is 513. The summed E-state index contributed by atoms with van der Waals surface area (Å²) in [5, 5.41) is 0. The third-order valence-corrected chi connectivity index (χ3v) is 0.577. The second-order valence-corrected chi connectivity index (χ2v) is 1.11. The average molecular weight is 625 g/mol. The van der Waals surface area contributed by atoms with Crippen LogP contribution in [0.25, 0.3) is 0 Å². The Morgan fingerprint density at radius 1 is 0.579 bits per heavy atom. The largest absolute Gasteiger partial charge is 2.00 e. The Hall–Kier alpha value is 1.38. The van der Waals surface area contributed by atoms with Crippen LogP contribution in [0, 0.1) is 20.3 Å². The van der Waals surface area contributed by atoms with Gasteiger partial charge in [-0.1, -0.05) is 73.3 Å². The molecular weight excluding hydrogens is 572 g/mol. The first-order valence-electron chi connectivity index (χ1n) is 3.64.